The van der Waals surface area contributed by atoms with Crippen molar-refractivity contribution in [3.63, 3.8) is 0 Å². The van der Waals surface area contributed by atoms with Crippen molar-refractivity contribution in [2.75, 3.05) is 6.61 Å². The molecule has 12 heavy (non-hydrogen) atoms. The predicted octanol–water partition coefficient (Wildman–Crippen LogP) is 2.94. The highest BCUT2D eigenvalue weighted by molar-refractivity contribution is 9.10. The molecule has 0 radical (unpaired) electrons. The van der Waals surface area contributed by atoms with E-state index < -0.39 is 0 Å². The summed E-state index contributed by atoms with van der Waals surface area (Å²) < 4.78 is 6.21. The van der Waals surface area contributed by atoms with E-state index in [1.807, 2.05) is 19.1 Å². The minimum Gasteiger partial charge on any atom is -0.478 e. The fourth-order valence-corrected chi connectivity index (χ4v) is 1.08. The number of nitrogens with zero attached hydrogens (tertiary/aromatic N) is 1. The molecule has 0 aliphatic carbocycles. The topological polar surface area (TPSA) is 22.1 Å². The van der Waals surface area contributed by atoms with E-state index in [0.29, 0.717) is 5.88 Å². The highest BCUT2D eigenvalue weighted by Gasteiger charge is 1.98. The molecule has 1 heterocycles. The second-order valence-electron chi connectivity index (χ2n) is 2.61. The van der Waals surface area contributed by atoms with Gasteiger partial charge in [-0.2, -0.15) is 0 Å². The smallest absolute Gasteiger partial charge is 0.214 e. The van der Waals surface area contributed by atoms with Crippen molar-refractivity contribution < 1.29 is 4.74 Å². The first-order valence-electron chi connectivity index (χ1n) is 4.00. The zero-order valence-electron chi connectivity index (χ0n) is 7.30. The number of rotatable bonds is 3. The normalized spacial score (nSPS) is 9.92. The number of halogens is 1. The van der Waals surface area contributed by atoms with E-state index in [2.05, 4.69) is 27.8 Å². The summed E-state index contributed by atoms with van der Waals surface area (Å²) in [6, 6.07) is 3.87. The van der Waals surface area contributed by atoms with E-state index in [-0.39, 0.29) is 0 Å². The van der Waals surface area contributed by atoms with Crippen molar-refractivity contribution in [3.05, 3.63) is 22.3 Å². The highest BCUT2D eigenvalue weighted by atomic mass is 79.9. The van der Waals surface area contributed by atoms with Gasteiger partial charge in [0.1, 0.15) is 4.60 Å². The van der Waals surface area contributed by atoms with E-state index in [0.717, 1.165) is 23.2 Å². The maximum atomic E-state index is 5.35. The van der Waals surface area contributed by atoms with Crippen LogP contribution in [0.1, 0.15) is 18.9 Å². The van der Waals surface area contributed by atoms with Crippen molar-refractivity contribution in [3.8, 4) is 5.88 Å². The molecular formula is C9H12BrNO. The number of aromatic nitrogens is 1. The van der Waals surface area contributed by atoms with Crippen LogP contribution < -0.4 is 4.74 Å². The summed E-state index contributed by atoms with van der Waals surface area (Å²) in [7, 11) is 0. The molecule has 0 atom stereocenters. The SMILES string of the molecule is CCCOc1ccc(C)c(Br)n1. The third-order valence-electron chi connectivity index (χ3n) is 1.46. The van der Waals surface area contributed by atoms with Gasteiger partial charge >= 0.3 is 0 Å². The van der Waals surface area contributed by atoms with Gasteiger partial charge in [0.25, 0.3) is 0 Å². The Morgan fingerprint density at radius 2 is 2.25 bits per heavy atom. The standard InChI is InChI=1S/C9H12BrNO/c1-3-6-12-8-5-4-7(2)9(10)11-8/h4-5H,3,6H2,1-2H3. The molecule has 1 aromatic rings. The minimum absolute atomic E-state index is 0.689. The zero-order valence-corrected chi connectivity index (χ0v) is 8.89. The van der Waals surface area contributed by atoms with Gasteiger partial charge in [-0.25, -0.2) is 4.98 Å². The molecule has 0 aromatic carbocycles. The molecule has 66 valence electrons. The first-order valence-corrected chi connectivity index (χ1v) is 4.79. The van der Waals surface area contributed by atoms with Crippen LogP contribution in [0.3, 0.4) is 0 Å². The van der Waals surface area contributed by atoms with Crippen molar-refractivity contribution in [1.29, 1.82) is 0 Å². The molecule has 1 rings (SSSR count). The summed E-state index contributed by atoms with van der Waals surface area (Å²) in [6.45, 7) is 4.80. The number of aryl methyl sites for hydroxylation is 1. The van der Waals surface area contributed by atoms with Gasteiger partial charge in [-0.3, -0.25) is 0 Å². The Balaban J connectivity index is 2.69. The zero-order chi connectivity index (χ0) is 8.97. The Morgan fingerprint density at radius 3 is 2.83 bits per heavy atom. The lowest BCUT2D eigenvalue weighted by Crippen LogP contribution is -1.97. The lowest BCUT2D eigenvalue weighted by Gasteiger charge is -2.04. The molecule has 0 N–H and O–H groups in total. The van der Waals surface area contributed by atoms with E-state index >= 15 is 0 Å². The molecule has 0 spiro atoms. The summed E-state index contributed by atoms with van der Waals surface area (Å²) in [4.78, 5) is 4.20. The number of ether oxygens (including phenoxy) is 1. The Hall–Kier alpha value is -0.570. The molecule has 0 saturated heterocycles. The first kappa shape index (κ1) is 9.52. The molecule has 2 nitrogen and oxygen atoms in total. The predicted molar refractivity (Wildman–Crippen MR) is 52.5 cm³/mol. The molecule has 3 heteroatoms. The summed E-state index contributed by atoms with van der Waals surface area (Å²) in [5, 5.41) is 0. The van der Waals surface area contributed by atoms with Gasteiger partial charge in [0.15, 0.2) is 0 Å². The van der Waals surface area contributed by atoms with Crippen molar-refractivity contribution in [2.24, 2.45) is 0 Å². The van der Waals surface area contributed by atoms with Gasteiger partial charge in [-0.1, -0.05) is 13.0 Å². The van der Waals surface area contributed by atoms with Gasteiger partial charge in [0.05, 0.1) is 6.61 Å². The van der Waals surface area contributed by atoms with Crippen molar-refractivity contribution >= 4 is 15.9 Å². The second-order valence-corrected chi connectivity index (χ2v) is 3.36. The summed E-state index contributed by atoms with van der Waals surface area (Å²) in [5.41, 5.74) is 1.12. The van der Waals surface area contributed by atoms with Gasteiger partial charge in [-0.15, -0.1) is 0 Å². The third-order valence-corrected chi connectivity index (χ3v) is 2.27. The average molecular weight is 230 g/mol. The van der Waals surface area contributed by atoms with E-state index in [9.17, 15) is 0 Å². The molecule has 0 fully saturated rings. The molecule has 0 bridgehead atoms. The molecule has 0 aliphatic heterocycles. The van der Waals surface area contributed by atoms with Crippen LogP contribution in [0.2, 0.25) is 0 Å². The van der Waals surface area contributed by atoms with Gasteiger partial charge in [-0.05, 0) is 34.8 Å². The molecule has 0 unspecified atom stereocenters. The lowest BCUT2D eigenvalue weighted by atomic mass is 10.3. The van der Waals surface area contributed by atoms with Crippen LogP contribution in [0.5, 0.6) is 5.88 Å². The Labute approximate surface area is 81.1 Å². The minimum atomic E-state index is 0.689. The summed E-state index contributed by atoms with van der Waals surface area (Å²) in [6.07, 6.45) is 1.01. The Morgan fingerprint density at radius 1 is 1.50 bits per heavy atom. The van der Waals surface area contributed by atoms with E-state index in [1.54, 1.807) is 0 Å². The van der Waals surface area contributed by atoms with Gasteiger partial charge < -0.3 is 4.74 Å². The number of hydrogen-bond donors (Lipinski definition) is 0. The largest absolute Gasteiger partial charge is 0.478 e. The van der Waals surface area contributed by atoms with Crippen LogP contribution in [0, 0.1) is 6.92 Å². The molecule has 0 saturated carbocycles. The van der Waals surface area contributed by atoms with Crippen LogP contribution in [0.25, 0.3) is 0 Å². The fourth-order valence-electron chi connectivity index (χ4n) is 0.774. The first-order chi connectivity index (χ1) is 5.74. The lowest BCUT2D eigenvalue weighted by molar-refractivity contribution is 0.304. The molecular weight excluding hydrogens is 218 g/mol. The Kier molecular flexibility index (Phi) is 3.53. The fraction of sp³-hybridized carbons (Fsp3) is 0.444. The van der Waals surface area contributed by atoms with Crippen molar-refractivity contribution in [1.82, 2.24) is 4.98 Å². The van der Waals surface area contributed by atoms with Crippen LogP contribution in [0.15, 0.2) is 16.7 Å². The molecule has 1 aromatic heterocycles. The quantitative estimate of drug-likeness (QED) is 0.744. The highest BCUT2D eigenvalue weighted by Crippen LogP contribution is 2.17. The van der Waals surface area contributed by atoms with Gasteiger partial charge in [0, 0.05) is 6.07 Å². The van der Waals surface area contributed by atoms with E-state index in [1.165, 1.54) is 0 Å². The van der Waals surface area contributed by atoms with Crippen LogP contribution in [0.4, 0.5) is 0 Å². The third kappa shape index (κ3) is 2.48. The number of pyridine rings is 1. The summed E-state index contributed by atoms with van der Waals surface area (Å²) >= 11 is 3.35. The van der Waals surface area contributed by atoms with Crippen LogP contribution in [-0.4, -0.2) is 11.6 Å². The monoisotopic (exact) mass is 229 g/mol. The second kappa shape index (κ2) is 4.45. The maximum Gasteiger partial charge on any atom is 0.214 e. The molecule has 0 amide bonds. The number of hydrogen-bond acceptors (Lipinski definition) is 2. The van der Waals surface area contributed by atoms with Crippen LogP contribution >= 0.6 is 15.9 Å². The average Bonchev–Trinajstić information content (AvgIpc) is 2.07. The van der Waals surface area contributed by atoms with E-state index in [4.69, 9.17) is 4.74 Å². The van der Waals surface area contributed by atoms with Crippen LogP contribution in [-0.2, 0) is 0 Å². The maximum absolute atomic E-state index is 5.35. The Bertz CT molecular complexity index is 263. The van der Waals surface area contributed by atoms with Gasteiger partial charge in [0.2, 0.25) is 5.88 Å². The molecule has 0 aliphatic rings. The van der Waals surface area contributed by atoms with Crippen molar-refractivity contribution in [2.45, 2.75) is 20.3 Å². The summed E-state index contributed by atoms with van der Waals surface area (Å²) in [5.74, 6) is 0.689.